The predicted octanol–water partition coefficient (Wildman–Crippen LogP) is -0.462. The highest BCUT2D eigenvalue weighted by Gasteiger charge is 2.20. The van der Waals surface area contributed by atoms with Gasteiger partial charge in [-0.2, -0.15) is 0 Å². The van der Waals surface area contributed by atoms with Gasteiger partial charge in [-0.3, -0.25) is 5.32 Å². The molecule has 1 heterocycles. The number of methoxy groups -OCH3 is 1. The molecule has 2 unspecified atom stereocenters. The number of ether oxygens (including phenoxy) is 1. The van der Waals surface area contributed by atoms with Crippen LogP contribution in [0.1, 0.15) is 0 Å². The molecule has 0 bridgehead atoms. The molecule has 0 spiro atoms. The lowest BCUT2D eigenvalue weighted by atomic mass is 10.7. The van der Waals surface area contributed by atoms with E-state index in [4.69, 9.17) is 10.5 Å². The molecule has 1 saturated heterocycles. The second-order valence-electron chi connectivity index (χ2n) is 1.63. The van der Waals surface area contributed by atoms with Crippen molar-refractivity contribution < 1.29 is 4.74 Å². The van der Waals surface area contributed by atoms with Gasteiger partial charge < -0.3 is 10.5 Å². The third-order valence-corrected chi connectivity index (χ3v) is 2.17. The maximum absolute atomic E-state index is 5.47. The Morgan fingerprint density at radius 1 is 1.88 bits per heavy atom. The van der Waals surface area contributed by atoms with Crippen molar-refractivity contribution in [3.05, 3.63) is 0 Å². The highest BCUT2D eigenvalue weighted by molar-refractivity contribution is 8.00. The zero-order chi connectivity index (χ0) is 5.98. The van der Waals surface area contributed by atoms with Crippen LogP contribution in [-0.4, -0.2) is 24.6 Å². The Labute approximate surface area is 53.0 Å². The Hall–Kier alpha value is 0.230. The van der Waals surface area contributed by atoms with E-state index in [0.717, 1.165) is 6.54 Å². The van der Waals surface area contributed by atoms with Crippen molar-refractivity contribution in [3.63, 3.8) is 0 Å². The maximum atomic E-state index is 5.47. The number of rotatable bonds is 1. The number of thioether (sulfide) groups is 1. The molecule has 8 heavy (non-hydrogen) atoms. The Balaban J connectivity index is 2.22. The first-order valence-electron chi connectivity index (χ1n) is 2.50. The number of hydrogen-bond donors (Lipinski definition) is 2. The van der Waals surface area contributed by atoms with Crippen LogP contribution in [0.5, 0.6) is 0 Å². The molecule has 0 aromatic heterocycles. The molecule has 4 heteroatoms. The van der Waals surface area contributed by atoms with Gasteiger partial charge in [-0.15, -0.1) is 0 Å². The summed E-state index contributed by atoms with van der Waals surface area (Å²) >= 11 is 1.61. The Morgan fingerprint density at radius 3 is 2.88 bits per heavy atom. The van der Waals surface area contributed by atoms with Crippen LogP contribution in [0.25, 0.3) is 0 Å². The molecule has 3 N–H and O–H groups in total. The van der Waals surface area contributed by atoms with Crippen molar-refractivity contribution in [2.24, 2.45) is 5.73 Å². The van der Waals surface area contributed by atoms with Crippen LogP contribution in [-0.2, 0) is 4.74 Å². The Bertz CT molecular complexity index is 80.4. The fourth-order valence-corrected chi connectivity index (χ4v) is 1.43. The van der Waals surface area contributed by atoms with Gasteiger partial charge in [-0.1, -0.05) is 11.8 Å². The standard InChI is InChI=1S/C4H10N2OS/c1-7-3-2-6-4(5)8-3/h3-4,6H,2,5H2,1H3. The van der Waals surface area contributed by atoms with E-state index in [-0.39, 0.29) is 10.9 Å². The molecule has 1 aliphatic rings. The van der Waals surface area contributed by atoms with Gasteiger partial charge in [-0.05, 0) is 0 Å². The van der Waals surface area contributed by atoms with E-state index in [1.807, 2.05) is 0 Å². The third-order valence-electron chi connectivity index (χ3n) is 1.05. The summed E-state index contributed by atoms with van der Waals surface area (Å²) in [5, 5.41) is 3.04. The molecular weight excluding hydrogens is 124 g/mol. The van der Waals surface area contributed by atoms with Crippen LogP contribution < -0.4 is 11.1 Å². The summed E-state index contributed by atoms with van der Waals surface area (Å²) in [4.78, 5) is 0. The molecule has 0 aliphatic carbocycles. The molecule has 0 aromatic rings. The fraction of sp³-hybridized carbons (Fsp3) is 1.00. The SMILES string of the molecule is COC1CNC(N)S1. The molecule has 3 nitrogen and oxygen atoms in total. The minimum Gasteiger partial charge on any atom is -0.369 e. The smallest absolute Gasteiger partial charge is 0.118 e. The van der Waals surface area contributed by atoms with E-state index < -0.39 is 0 Å². The van der Waals surface area contributed by atoms with E-state index in [1.54, 1.807) is 18.9 Å². The summed E-state index contributed by atoms with van der Waals surface area (Å²) in [6.07, 6.45) is 0. The van der Waals surface area contributed by atoms with Gasteiger partial charge in [0.25, 0.3) is 0 Å². The van der Waals surface area contributed by atoms with Gasteiger partial charge in [0.1, 0.15) is 10.9 Å². The van der Waals surface area contributed by atoms with Crippen molar-refractivity contribution in [2.45, 2.75) is 10.9 Å². The highest BCUT2D eigenvalue weighted by atomic mass is 32.2. The molecule has 1 rings (SSSR count). The lowest BCUT2D eigenvalue weighted by Crippen LogP contribution is -2.28. The zero-order valence-electron chi connectivity index (χ0n) is 4.76. The third kappa shape index (κ3) is 1.35. The summed E-state index contributed by atoms with van der Waals surface area (Å²) in [6.45, 7) is 0.863. The summed E-state index contributed by atoms with van der Waals surface area (Å²) in [7, 11) is 1.69. The normalized spacial score (nSPS) is 38.2. The van der Waals surface area contributed by atoms with Crippen LogP contribution in [0.15, 0.2) is 0 Å². The summed E-state index contributed by atoms with van der Waals surface area (Å²) in [6, 6.07) is 0. The van der Waals surface area contributed by atoms with Crippen molar-refractivity contribution in [1.29, 1.82) is 0 Å². The average Bonchev–Trinajstić information content (AvgIpc) is 2.14. The van der Waals surface area contributed by atoms with Gasteiger partial charge in [-0.25, -0.2) is 0 Å². The maximum Gasteiger partial charge on any atom is 0.118 e. The number of nitrogens with one attached hydrogen (secondary N) is 1. The van der Waals surface area contributed by atoms with Gasteiger partial charge in [0.2, 0.25) is 0 Å². The highest BCUT2D eigenvalue weighted by Crippen LogP contribution is 2.18. The minimum atomic E-state index is 0.0694. The van der Waals surface area contributed by atoms with Crippen LogP contribution >= 0.6 is 11.8 Å². The van der Waals surface area contributed by atoms with Crippen LogP contribution in [0, 0.1) is 0 Å². The van der Waals surface area contributed by atoms with Gasteiger partial charge in [0.05, 0.1) is 0 Å². The Kier molecular flexibility index (Phi) is 2.13. The number of nitrogens with two attached hydrogens (primary N) is 1. The summed E-state index contributed by atoms with van der Waals surface area (Å²) in [5.74, 6) is 0. The number of hydrogen-bond acceptors (Lipinski definition) is 4. The van der Waals surface area contributed by atoms with Crippen molar-refractivity contribution in [1.82, 2.24) is 5.32 Å². The van der Waals surface area contributed by atoms with Crippen LogP contribution in [0.2, 0.25) is 0 Å². The summed E-state index contributed by atoms with van der Waals surface area (Å²) in [5.41, 5.74) is 5.80. The second-order valence-corrected chi connectivity index (χ2v) is 2.94. The largest absolute Gasteiger partial charge is 0.369 e. The Morgan fingerprint density at radius 2 is 2.62 bits per heavy atom. The molecule has 0 radical (unpaired) electrons. The zero-order valence-corrected chi connectivity index (χ0v) is 5.57. The van der Waals surface area contributed by atoms with E-state index >= 15 is 0 Å². The van der Waals surface area contributed by atoms with Crippen LogP contribution in [0.3, 0.4) is 0 Å². The summed E-state index contributed by atoms with van der Waals surface area (Å²) < 4.78 is 5.00. The van der Waals surface area contributed by atoms with Crippen molar-refractivity contribution >= 4 is 11.8 Å². The molecular formula is C4H10N2OS. The average molecular weight is 134 g/mol. The first-order valence-corrected chi connectivity index (χ1v) is 3.44. The van der Waals surface area contributed by atoms with Crippen molar-refractivity contribution in [3.8, 4) is 0 Å². The lowest BCUT2D eigenvalue weighted by Gasteiger charge is -2.02. The molecule has 0 aromatic carbocycles. The molecule has 1 aliphatic heterocycles. The second kappa shape index (κ2) is 2.68. The lowest BCUT2D eigenvalue weighted by molar-refractivity contribution is 0.178. The first kappa shape index (κ1) is 6.35. The van der Waals surface area contributed by atoms with Crippen molar-refractivity contribution in [2.75, 3.05) is 13.7 Å². The van der Waals surface area contributed by atoms with Gasteiger partial charge >= 0.3 is 0 Å². The van der Waals surface area contributed by atoms with E-state index in [0.29, 0.717) is 0 Å². The topological polar surface area (TPSA) is 47.3 Å². The molecule has 1 fully saturated rings. The predicted molar refractivity (Wildman–Crippen MR) is 34.4 cm³/mol. The fourth-order valence-electron chi connectivity index (χ4n) is 0.611. The first-order chi connectivity index (χ1) is 3.83. The van der Waals surface area contributed by atoms with E-state index in [2.05, 4.69) is 5.32 Å². The molecule has 0 saturated carbocycles. The molecule has 48 valence electrons. The monoisotopic (exact) mass is 134 g/mol. The minimum absolute atomic E-state index is 0.0694. The quantitative estimate of drug-likeness (QED) is 0.509. The van der Waals surface area contributed by atoms with E-state index in [9.17, 15) is 0 Å². The van der Waals surface area contributed by atoms with E-state index in [1.165, 1.54) is 0 Å². The molecule has 0 amide bonds. The van der Waals surface area contributed by atoms with Gasteiger partial charge in [0.15, 0.2) is 0 Å². The molecule has 2 atom stereocenters. The van der Waals surface area contributed by atoms with Crippen LogP contribution in [0.4, 0.5) is 0 Å². The van der Waals surface area contributed by atoms with Gasteiger partial charge in [0, 0.05) is 13.7 Å².